The van der Waals surface area contributed by atoms with E-state index in [4.69, 9.17) is 17.3 Å². The molecule has 2 atom stereocenters. The van der Waals surface area contributed by atoms with Crippen molar-refractivity contribution in [2.24, 2.45) is 0 Å². The Morgan fingerprint density at radius 3 is 2.87 bits per heavy atom. The van der Waals surface area contributed by atoms with Gasteiger partial charge in [-0.1, -0.05) is 23.7 Å². The number of aromatic nitrogens is 2. The van der Waals surface area contributed by atoms with Crippen LogP contribution >= 0.6 is 22.9 Å². The van der Waals surface area contributed by atoms with E-state index in [0.717, 1.165) is 32.2 Å². The quantitative estimate of drug-likeness (QED) is 0.646. The number of anilines is 1. The second-order valence-corrected chi connectivity index (χ2v) is 9.34. The first-order valence-electron chi connectivity index (χ1n) is 9.88. The minimum Gasteiger partial charge on any atom is -0.383 e. The van der Waals surface area contributed by atoms with Gasteiger partial charge >= 0.3 is 0 Å². The van der Waals surface area contributed by atoms with Crippen LogP contribution in [0.15, 0.2) is 42.7 Å². The van der Waals surface area contributed by atoms with Gasteiger partial charge in [-0.05, 0) is 49.8 Å². The highest BCUT2D eigenvalue weighted by Crippen LogP contribution is 2.24. The van der Waals surface area contributed by atoms with Crippen molar-refractivity contribution in [2.45, 2.75) is 32.5 Å². The van der Waals surface area contributed by atoms with Crippen LogP contribution < -0.4 is 5.73 Å². The molecule has 0 unspecified atom stereocenters. The Balaban J connectivity index is 1.43. The molecule has 1 aliphatic heterocycles. The Hall–Kier alpha value is -2.48. The average Bonchev–Trinajstić information content (AvgIpc) is 3.14. The molecule has 0 spiro atoms. The number of amides is 1. The van der Waals surface area contributed by atoms with Crippen LogP contribution in [0.3, 0.4) is 0 Å². The van der Waals surface area contributed by atoms with E-state index in [1.807, 2.05) is 42.2 Å². The highest BCUT2D eigenvalue weighted by Gasteiger charge is 2.35. The number of rotatable bonds is 5. The van der Waals surface area contributed by atoms with Gasteiger partial charge in [0.2, 0.25) is 5.91 Å². The van der Waals surface area contributed by atoms with Gasteiger partial charge in [0.05, 0.1) is 15.9 Å². The summed E-state index contributed by atoms with van der Waals surface area (Å²) in [6.07, 6.45) is 5.63. The molecule has 1 aliphatic rings. The highest BCUT2D eigenvalue weighted by atomic mass is 35.5. The minimum absolute atomic E-state index is 0.142. The Kier molecular flexibility index (Phi) is 6.04. The molecule has 0 saturated carbocycles. The summed E-state index contributed by atoms with van der Waals surface area (Å²) in [4.78, 5) is 26.6. The average molecular weight is 442 g/mol. The van der Waals surface area contributed by atoms with Crippen LogP contribution in [0.2, 0.25) is 4.34 Å². The number of hydrogen-bond donors (Lipinski definition) is 1. The summed E-state index contributed by atoms with van der Waals surface area (Å²) in [5.74, 6) is 0.610. The van der Waals surface area contributed by atoms with Crippen LogP contribution in [-0.2, 0) is 11.3 Å². The van der Waals surface area contributed by atoms with Crippen molar-refractivity contribution in [3.05, 3.63) is 57.5 Å². The molecule has 156 valence electrons. The number of thiophene rings is 1. The number of piperazine rings is 1. The maximum absolute atomic E-state index is 13.0. The van der Waals surface area contributed by atoms with Crippen molar-refractivity contribution in [3.63, 3.8) is 0 Å². The van der Waals surface area contributed by atoms with Gasteiger partial charge in [-0.2, -0.15) is 0 Å². The normalized spacial score (nSPS) is 20.5. The Bertz CT molecular complexity index is 1100. The molecule has 3 heterocycles. The molecule has 2 N–H and O–H groups in total. The zero-order chi connectivity index (χ0) is 21.3. The molecular formula is C22H24ClN5OS. The zero-order valence-electron chi connectivity index (χ0n) is 17.0. The smallest absolute Gasteiger partial charge is 0.240 e. The van der Waals surface area contributed by atoms with Crippen molar-refractivity contribution in [3.8, 4) is 0 Å². The number of halogens is 1. The second-order valence-electron chi connectivity index (χ2n) is 7.60. The Morgan fingerprint density at radius 2 is 2.10 bits per heavy atom. The summed E-state index contributed by atoms with van der Waals surface area (Å²) < 4.78 is 0.781. The molecule has 2 aromatic heterocycles. The third-order valence-electron chi connectivity index (χ3n) is 5.51. The van der Waals surface area contributed by atoms with Crippen LogP contribution in [0.1, 0.15) is 24.3 Å². The maximum atomic E-state index is 13.0. The Labute approximate surface area is 185 Å². The van der Waals surface area contributed by atoms with E-state index in [0.29, 0.717) is 18.9 Å². The van der Waals surface area contributed by atoms with Gasteiger partial charge in [0.15, 0.2) is 0 Å². The van der Waals surface area contributed by atoms with Gasteiger partial charge in [-0.15, -0.1) is 11.3 Å². The summed E-state index contributed by atoms with van der Waals surface area (Å²) >= 11 is 7.53. The lowest BCUT2D eigenvalue weighted by molar-refractivity contribution is -0.144. The van der Waals surface area contributed by atoms with E-state index in [1.165, 1.54) is 6.33 Å². The van der Waals surface area contributed by atoms with Gasteiger partial charge in [0.1, 0.15) is 12.1 Å². The van der Waals surface area contributed by atoms with E-state index >= 15 is 0 Å². The molecule has 6 nitrogen and oxygen atoms in total. The number of carbonyl (C=O) groups is 1. The van der Waals surface area contributed by atoms with E-state index < -0.39 is 0 Å². The fraction of sp³-hybridized carbons (Fsp3) is 0.318. The van der Waals surface area contributed by atoms with E-state index in [2.05, 4.69) is 33.9 Å². The van der Waals surface area contributed by atoms with Crippen molar-refractivity contribution >= 4 is 51.6 Å². The molecule has 1 amide bonds. The molecule has 30 heavy (non-hydrogen) atoms. The van der Waals surface area contributed by atoms with E-state index in [1.54, 1.807) is 11.3 Å². The topological polar surface area (TPSA) is 75.3 Å². The number of nitrogens with zero attached hydrogens (tertiary/aromatic N) is 4. The molecular weight excluding hydrogens is 418 g/mol. The largest absolute Gasteiger partial charge is 0.383 e. The molecule has 0 aliphatic carbocycles. The molecule has 1 saturated heterocycles. The van der Waals surface area contributed by atoms with Gasteiger partial charge in [0.25, 0.3) is 0 Å². The number of carbonyl (C=O) groups excluding carboxylic acids is 1. The van der Waals surface area contributed by atoms with Gasteiger partial charge in [-0.25, -0.2) is 9.97 Å². The van der Waals surface area contributed by atoms with Crippen LogP contribution in [0.5, 0.6) is 0 Å². The number of benzene rings is 1. The first-order chi connectivity index (χ1) is 14.4. The van der Waals surface area contributed by atoms with Gasteiger partial charge in [0, 0.05) is 35.9 Å². The lowest BCUT2D eigenvalue weighted by atomic mass is 10.1. The maximum Gasteiger partial charge on any atom is 0.240 e. The monoisotopic (exact) mass is 441 g/mol. The summed E-state index contributed by atoms with van der Waals surface area (Å²) in [6, 6.07) is 9.88. The molecule has 0 radical (unpaired) electrons. The SMILES string of the molecule is C[C@@H]1CN(Cc2ccc3c(N)ncnc3c2)C(=O)[C@H](C)N1CC=Cc1ccc(Cl)s1. The summed E-state index contributed by atoms with van der Waals surface area (Å²) in [6.45, 7) is 6.12. The van der Waals surface area contributed by atoms with Crippen molar-refractivity contribution in [1.29, 1.82) is 0 Å². The molecule has 1 aromatic carbocycles. The van der Waals surface area contributed by atoms with Crippen LogP contribution in [0, 0.1) is 0 Å². The number of nitrogen functional groups attached to an aromatic ring is 1. The van der Waals surface area contributed by atoms with Crippen LogP contribution in [0.25, 0.3) is 17.0 Å². The molecule has 3 aromatic rings. The fourth-order valence-corrected chi connectivity index (χ4v) is 4.92. The lowest BCUT2D eigenvalue weighted by Crippen LogP contribution is -2.59. The van der Waals surface area contributed by atoms with Crippen LogP contribution in [-0.4, -0.2) is 50.8 Å². The van der Waals surface area contributed by atoms with Gasteiger partial charge < -0.3 is 10.6 Å². The summed E-state index contributed by atoms with van der Waals surface area (Å²) in [5.41, 5.74) is 7.75. The highest BCUT2D eigenvalue weighted by molar-refractivity contribution is 7.16. The third-order valence-corrected chi connectivity index (χ3v) is 6.71. The number of fused-ring (bicyclic) bond motifs is 1. The number of hydrogen-bond acceptors (Lipinski definition) is 6. The summed E-state index contributed by atoms with van der Waals surface area (Å²) in [5, 5.41) is 0.831. The number of nitrogens with two attached hydrogens (primary N) is 1. The van der Waals surface area contributed by atoms with E-state index in [9.17, 15) is 4.79 Å². The fourth-order valence-electron chi connectivity index (χ4n) is 3.93. The molecule has 1 fully saturated rings. The minimum atomic E-state index is -0.177. The molecule has 0 bridgehead atoms. The molecule has 8 heteroatoms. The first kappa shape index (κ1) is 20.8. The van der Waals surface area contributed by atoms with Crippen LogP contribution in [0.4, 0.5) is 5.82 Å². The third kappa shape index (κ3) is 4.33. The lowest BCUT2D eigenvalue weighted by Gasteiger charge is -2.43. The predicted molar refractivity (Wildman–Crippen MR) is 123 cm³/mol. The van der Waals surface area contributed by atoms with Crippen molar-refractivity contribution in [1.82, 2.24) is 19.8 Å². The van der Waals surface area contributed by atoms with Crippen molar-refractivity contribution in [2.75, 3.05) is 18.8 Å². The predicted octanol–water partition coefficient (Wildman–Crippen LogP) is 4.06. The van der Waals surface area contributed by atoms with Crippen molar-refractivity contribution < 1.29 is 4.79 Å². The standard InChI is InChI=1S/C22H24ClN5OS/c1-14-11-27(12-16-5-7-18-19(10-16)25-13-26-21(18)24)22(29)15(2)28(14)9-3-4-17-6-8-20(23)30-17/h3-8,10,13-15H,9,11-12H2,1-2H3,(H2,24,25,26)/t14-,15+/m1/s1. The first-order valence-corrected chi connectivity index (χ1v) is 11.1. The Morgan fingerprint density at radius 1 is 1.27 bits per heavy atom. The second kappa shape index (κ2) is 8.71. The zero-order valence-corrected chi connectivity index (χ0v) is 18.5. The molecule has 4 rings (SSSR count). The summed E-state index contributed by atoms with van der Waals surface area (Å²) in [7, 11) is 0. The van der Waals surface area contributed by atoms with Gasteiger partial charge in [-0.3, -0.25) is 9.69 Å². The van der Waals surface area contributed by atoms with E-state index in [-0.39, 0.29) is 18.0 Å².